The van der Waals surface area contributed by atoms with E-state index in [0.717, 1.165) is 44.2 Å². The number of fused-ring (bicyclic) bond motifs is 1. The Morgan fingerprint density at radius 2 is 1.84 bits per heavy atom. The molecule has 2 atom stereocenters. The molecule has 6 heteroatoms. The second kappa shape index (κ2) is 7.19. The molecule has 1 heterocycles. The maximum absolute atomic E-state index is 13.5. The first-order valence-corrected chi connectivity index (χ1v) is 10.7. The predicted octanol–water partition coefficient (Wildman–Crippen LogP) is 4.77. The van der Waals surface area contributed by atoms with Gasteiger partial charge in [0.1, 0.15) is 11.4 Å². The Morgan fingerprint density at radius 3 is 2.50 bits per heavy atom. The molecule has 1 aliphatic heterocycles. The van der Waals surface area contributed by atoms with E-state index in [-0.39, 0.29) is 12.3 Å². The summed E-state index contributed by atoms with van der Waals surface area (Å²) in [6.07, 6.45) is 0. The molecule has 0 saturated carbocycles. The van der Waals surface area contributed by atoms with Crippen LogP contribution in [0.2, 0.25) is 0 Å². The van der Waals surface area contributed by atoms with Crippen LogP contribution in [0.3, 0.4) is 0 Å². The lowest BCUT2D eigenvalue weighted by Crippen LogP contribution is -2.46. The molecule has 0 radical (unpaired) electrons. The molecule has 3 aromatic rings. The number of esters is 1. The molecule has 6 nitrogen and oxygen atoms in total. The summed E-state index contributed by atoms with van der Waals surface area (Å²) in [7, 11) is 0. The fourth-order valence-electron chi connectivity index (χ4n) is 5.38. The van der Waals surface area contributed by atoms with Crippen LogP contribution in [-0.2, 0) is 20.0 Å². The molecule has 2 aliphatic rings. The number of benzene rings is 3. The van der Waals surface area contributed by atoms with Crippen LogP contribution < -0.4 is 0 Å². The standard InChI is InChI=1S/C26H24N2O4/c1-5-31-25(29)22-23(20-15(3)12-14(2)13-16(20)4)28-32-26(22)19-11-7-9-17-8-6-10-18(21(17)19)24(26)27-30/h6-13,22,30H,5H2,1-4H3/b27-24+. The molecule has 5 rings (SSSR count). The van der Waals surface area contributed by atoms with E-state index in [1.54, 1.807) is 6.92 Å². The number of oxime groups is 2. The molecule has 1 aliphatic carbocycles. The van der Waals surface area contributed by atoms with Crippen molar-refractivity contribution in [3.63, 3.8) is 0 Å². The number of hydrogen-bond donors (Lipinski definition) is 1. The number of ether oxygens (including phenoxy) is 1. The SMILES string of the molecule is CCOC(=O)C1C(c2c(C)cc(C)cc2C)=NOC12/C(=N/O)c1cccc3cccc2c13. The van der Waals surface area contributed by atoms with E-state index in [1.165, 1.54) is 0 Å². The largest absolute Gasteiger partial charge is 0.465 e. The smallest absolute Gasteiger partial charge is 0.320 e. The van der Waals surface area contributed by atoms with Gasteiger partial charge >= 0.3 is 5.97 Å². The third-order valence-electron chi connectivity index (χ3n) is 6.44. The maximum Gasteiger partial charge on any atom is 0.320 e. The van der Waals surface area contributed by atoms with E-state index < -0.39 is 17.5 Å². The number of aryl methyl sites for hydroxylation is 3. The second-order valence-corrected chi connectivity index (χ2v) is 8.42. The molecule has 0 aromatic heterocycles. The molecular formula is C26H24N2O4. The summed E-state index contributed by atoms with van der Waals surface area (Å²) in [6.45, 7) is 8.01. The van der Waals surface area contributed by atoms with Crippen molar-refractivity contribution < 1.29 is 19.6 Å². The topological polar surface area (TPSA) is 80.5 Å². The molecule has 0 amide bonds. The first-order chi connectivity index (χ1) is 15.4. The predicted molar refractivity (Wildman–Crippen MR) is 122 cm³/mol. The molecule has 32 heavy (non-hydrogen) atoms. The van der Waals surface area contributed by atoms with Crippen LogP contribution in [0.4, 0.5) is 0 Å². The van der Waals surface area contributed by atoms with Crippen molar-refractivity contribution in [1.29, 1.82) is 0 Å². The first-order valence-electron chi connectivity index (χ1n) is 10.7. The third-order valence-corrected chi connectivity index (χ3v) is 6.44. The van der Waals surface area contributed by atoms with Gasteiger partial charge in [0.05, 0.1) is 6.61 Å². The fraction of sp³-hybridized carbons (Fsp3) is 0.269. The highest BCUT2D eigenvalue weighted by atomic mass is 16.7. The molecular weight excluding hydrogens is 404 g/mol. The number of rotatable bonds is 3. The monoisotopic (exact) mass is 428 g/mol. The van der Waals surface area contributed by atoms with Crippen molar-refractivity contribution in [1.82, 2.24) is 0 Å². The number of carbonyl (C=O) groups excluding carboxylic acids is 1. The Bertz CT molecular complexity index is 1310. The van der Waals surface area contributed by atoms with Gasteiger partial charge in [0.2, 0.25) is 5.60 Å². The first kappa shape index (κ1) is 20.2. The van der Waals surface area contributed by atoms with Crippen LogP contribution in [0.5, 0.6) is 0 Å². The lowest BCUT2D eigenvalue weighted by molar-refractivity contribution is -0.151. The minimum absolute atomic E-state index is 0.216. The minimum Gasteiger partial charge on any atom is -0.465 e. The highest BCUT2D eigenvalue weighted by Gasteiger charge is 2.63. The van der Waals surface area contributed by atoms with E-state index in [4.69, 9.17) is 9.57 Å². The van der Waals surface area contributed by atoms with Gasteiger partial charge in [-0.1, -0.05) is 64.4 Å². The maximum atomic E-state index is 13.5. The summed E-state index contributed by atoms with van der Waals surface area (Å²) in [5.41, 5.74) is 4.80. The van der Waals surface area contributed by atoms with Gasteiger partial charge in [-0.05, 0) is 49.6 Å². The van der Waals surface area contributed by atoms with Gasteiger partial charge in [-0.25, -0.2) is 0 Å². The van der Waals surface area contributed by atoms with Gasteiger partial charge < -0.3 is 14.8 Å². The van der Waals surface area contributed by atoms with E-state index in [1.807, 2.05) is 57.2 Å². The van der Waals surface area contributed by atoms with Crippen LogP contribution in [0.15, 0.2) is 58.8 Å². The number of nitrogens with zero attached hydrogens (tertiary/aromatic N) is 2. The molecule has 1 spiro atoms. The summed E-state index contributed by atoms with van der Waals surface area (Å²) in [5, 5.41) is 20.1. The van der Waals surface area contributed by atoms with E-state index in [2.05, 4.69) is 22.4 Å². The Morgan fingerprint density at radius 1 is 1.16 bits per heavy atom. The molecule has 3 aromatic carbocycles. The van der Waals surface area contributed by atoms with Gasteiger partial charge in [0, 0.05) is 16.7 Å². The minimum atomic E-state index is -1.40. The Kier molecular flexibility index (Phi) is 4.55. The third kappa shape index (κ3) is 2.55. The van der Waals surface area contributed by atoms with Gasteiger partial charge in [0.15, 0.2) is 5.92 Å². The second-order valence-electron chi connectivity index (χ2n) is 8.42. The number of hydrogen-bond acceptors (Lipinski definition) is 6. The highest BCUT2D eigenvalue weighted by molar-refractivity contribution is 6.28. The van der Waals surface area contributed by atoms with Gasteiger partial charge in [-0.3, -0.25) is 4.79 Å². The molecule has 0 fully saturated rings. The van der Waals surface area contributed by atoms with E-state index in [9.17, 15) is 10.0 Å². The van der Waals surface area contributed by atoms with Crippen molar-refractivity contribution in [3.8, 4) is 0 Å². The zero-order chi connectivity index (χ0) is 22.6. The van der Waals surface area contributed by atoms with E-state index in [0.29, 0.717) is 5.71 Å². The van der Waals surface area contributed by atoms with Crippen LogP contribution in [0, 0.1) is 26.7 Å². The molecule has 0 bridgehead atoms. The van der Waals surface area contributed by atoms with Crippen molar-refractivity contribution >= 4 is 28.2 Å². The lowest BCUT2D eigenvalue weighted by atomic mass is 9.75. The summed E-state index contributed by atoms with van der Waals surface area (Å²) < 4.78 is 5.52. The molecule has 2 unspecified atom stereocenters. The Labute approximate surface area is 186 Å². The zero-order valence-corrected chi connectivity index (χ0v) is 18.5. The molecule has 1 N–H and O–H groups in total. The van der Waals surface area contributed by atoms with Crippen LogP contribution in [-0.4, -0.2) is 29.2 Å². The van der Waals surface area contributed by atoms with Gasteiger partial charge in [-0.2, -0.15) is 0 Å². The molecule has 162 valence electrons. The fourth-order valence-corrected chi connectivity index (χ4v) is 5.38. The summed E-state index contributed by atoms with van der Waals surface area (Å²) in [4.78, 5) is 19.7. The van der Waals surface area contributed by atoms with Crippen LogP contribution in [0.1, 0.15) is 40.3 Å². The van der Waals surface area contributed by atoms with Crippen molar-refractivity contribution in [2.45, 2.75) is 33.3 Å². The van der Waals surface area contributed by atoms with Crippen LogP contribution >= 0.6 is 0 Å². The Balaban J connectivity index is 1.80. The highest BCUT2D eigenvalue weighted by Crippen LogP contribution is 2.52. The average Bonchev–Trinajstić information content (AvgIpc) is 3.26. The Hall–Kier alpha value is -3.67. The van der Waals surface area contributed by atoms with Crippen LogP contribution in [0.25, 0.3) is 10.8 Å². The van der Waals surface area contributed by atoms with Gasteiger partial charge in [0.25, 0.3) is 0 Å². The van der Waals surface area contributed by atoms with Crippen molar-refractivity contribution in [2.24, 2.45) is 16.2 Å². The summed E-state index contributed by atoms with van der Waals surface area (Å²) in [6, 6.07) is 15.7. The lowest BCUT2D eigenvalue weighted by Gasteiger charge is -2.29. The van der Waals surface area contributed by atoms with Gasteiger partial charge in [-0.15, -0.1) is 0 Å². The van der Waals surface area contributed by atoms with E-state index >= 15 is 0 Å². The average molecular weight is 428 g/mol. The molecule has 0 saturated heterocycles. The normalized spacial score (nSPS) is 22.4. The van der Waals surface area contributed by atoms with Crippen molar-refractivity contribution in [3.05, 3.63) is 81.9 Å². The quantitative estimate of drug-likeness (QED) is 0.370. The van der Waals surface area contributed by atoms with Crippen molar-refractivity contribution in [2.75, 3.05) is 6.61 Å². The zero-order valence-electron chi connectivity index (χ0n) is 18.5. The number of carbonyl (C=O) groups is 1. The summed E-state index contributed by atoms with van der Waals surface area (Å²) in [5.74, 6) is -1.39. The summed E-state index contributed by atoms with van der Waals surface area (Å²) >= 11 is 0.